The molecule has 3 aliphatic rings. The summed E-state index contributed by atoms with van der Waals surface area (Å²) in [5, 5.41) is 0. The fourth-order valence-electron chi connectivity index (χ4n) is 5.46. The topological polar surface area (TPSA) is 69.4 Å². The van der Waals surface area contributed by atoms with Crippen LogP contribution in [0.3, 0.4) is 0 Å². The van der Waals surface area contributed by atoms with Gasteiger partial charge in [0.25, 0.3) is 17.4 Å². The van der Waals surface area contributed by atoms with E-state index in [0.29, 0.717) is 11.8 Å². The Balaban J connectivity index is 1.36. The maximum Gasteiger partial charge on any atom is 0.416 e. The van der Waals surface area contributed by atoms with E-state index < -0.39 is 47.0 Å². The van der Waals surface area contributed by atoms with Crippen LogP contribution in [0.5, 0.6) is 5.75 Å². The Hall–Kier alpha value is -3.70. The van der Waals surface area contributed by atoms with Crippen LogP contribution in [-0.4, -0.2) is 50.5 Å². The zero-order valence-corrected chi connectivity index (χ0v) is 18.9. The van der Waals surface area contributed by atoms with Crippen molar-refractivity contribution in [1.29, 1.82) is 0 Å². The number of alkyl halides is 5. The van der Waals surface area contributed by atoms with E-state index in [4.69, 9.17) is 4.74 Å². The lowest BCUT2D eigenvalue weighted by molar-refractivity contribution is -0.137. The first-order valence-electron chi connectivity index (χ1n) is 11.2. The Labute approximate surface area is 200 Å². The average molecular weight is 506 g/mol. The molecule has 0 saturated heterocycles. The lowest BCUT2D eigenvalue weighted by atomic mass is 9.88. The summed E-state index contributed by atoms with van der Waals surface area (Å²) in [6.45, 7) is 0.923. The highest BCUT2D eigenvalue weighted by atomic mass is 19.4. The summed E-state index contributed by atoms with van der Waals surface area (Å²) in [7, 11) is 0. The molecular formula is C24H19F5N4O3. The summed E-state index contributed by atoms with van der Waals surface area (Å²) in [5.41, 5.74) is -2.72. The number of benzene rings is 1. The number of carbonyl (C=O) groups excluding carboxylic acids is 1. The van der Waals surface area contributed by atoms with Crippen molar-refractivity contribution in [3.8, 4) is 11.4 Å². The van der Waals surface area contributed by atoms with Crippen molar-refractivity contribution in [2.45, 2.75) is 31.0 Å². The van der Waals surface area contributed by atoms with Gasteiger partial charge in [-0.05, 0) is 37.3 Å². The summed E-state index contributed by atoms with van der Waals surface area (Å²) in [6, 6.07) is 5.45. The standard InChI is InChI=1S/C24H19F5N4O3/c1-13-9-32(12-30-13)16-3-4-17-20(34)31(6-7-33(17)21(16)35)11-22-15-8-14(24(27,28)29)2-5-18(15)36-10-19(22)23(22,25)26/h2-5,8-9,12,19H,6-7,10-11H2,1H3/t19-,22+/m1/s1. The molecular weight excluding hydrogens is 487 g/mol. The molecule has 4 heterocycles. The van der Waals surface area contributed by atoms with Crippen LogP contribution in [0, 0.1) is 12.8 Å². The number of imidazole rings is 1. The van der Waals surface area contributed by atoms with Gasteiger partial charge in [0.2, 0.25) is 0 Å². The van der Waals surface area contributed by atoms with Gasteiger partial charge in [0.15, 0.2) is 0 Å². The van der Waals surface area contributed by atoms with Gasteiger partial charge in [0, 0.05) is 31.4 Å². The van der Waals surface area contributed by atoms with E-state index in [2.05, 4.69) is 4.98 Å². The predicted molar refractivity (Wildman–Crippen MR) is 116 cm³/mol. The van der Waals surface area contributed by atoms with E-state index in [1.165, 1.54) is 32.5 Å². The van der Waals surface area contributed by atoms with Crippen molar-refractivity contribution in [3.63, 3.8) is 0 Å². The number of rotatable bonds is 3. The lowest BCUT2D eigenvalue weighted by Gasteiger charge is -2.35. The van der Waals surface area contributed by atoms with Crippen LogP contribution in [0.1, 0.15) is 27.3 Å². The third-order valence-corrected chi connectivity index (χ3v) is 7.42. The molecule has 1 saturated carbocycles. The van der Waals surface area contributed by atoms with Crippen LogP contribution in [0.25, 0.3) is 5.69 Å². The van der Waals surface area contributed by atoms with Crippen molar-refractivity contribution in [1.82, 2.24) is 19.0 Å². The van der Waals surface area contributed by atoms with E-state index >= 15 is 8.78 Å². The second kappa shape index (κ2) is 7.17. The van der Waals surface area contributed by atoms with Gasteiger partial charge in [-0.25, -0.2) is 13.8 Å². The van der Waals surface area contributed by atoms with E-state index in [1.807, 2.05) is 0 Å². The van der Waals surface area contributed by atoms with Gasteiger partial charge in [0.1, 0.15) is 17.1 Å². The third kappa shape index (κ3) is 2.99. The molecule has 0 spiro atoms. The molecule has 0 bridgehead atoms. The molecule has 1 fully saturated rings. The predicted octanol–water partition coefficient (Wildman–Crippen LogP) is 3.41. The maximum atomic E-state index is 15.2. The van der Waals surface area contributed by atoms with Gasteiger partial charge in [-0.2, -0.15) is 13.2 Å². The smallest absolute Gasteiger partial charge is 0.416 e. The number of hydrogen-bond acceptors (Lipinski definition) is 4. The number of ether oxygens (including phenoxy) is 1. The van der Waals surface area contributed by atoms with Gasteiger partial charge in [-0.15, -0.1) is 0 Å². The summed E-state index contributed by atoms with van der Waals surface area (Å²) in [5.74, 6) is -5.40. The number of aryl methyl sites for hydroxylation is 1. The Morgan fingerprint density at radius 2 is 1.92 bits per heavy atom. The number of halogens is 5. The van der Waals surface area contributed by atoms with Crippen molar-refractivity contribution in [3.05, 3.63) is 75.7 Å². The van der Waals surface area contributed by atoms with Crippen LogP contribution in [0.4, 0.5) is 22.0 Å². The van der Waals surface area contributed by atoms with Gasteiger partial charge in [0.05, 0.1) is 35.5 Å². The average Bonchev–Trinajstić information content (AvgIpc) is 3.07. The number of nitrogens with zero attached hydrogens (tertiary/aromatic N) is 4. The van der Waals surface area contributed by atoms with Gasteiger partial charge < -0.3 is 18.8 Å². The first-order valence-corrected chi connectivity index (χ1v) is 11.2. The second-order valence-corrected chi connectivity index (χ2v) is 9.38. The minimum Gasteiger partial charge on any atom is -0.493 e. The normalized spacial score (nSPS) is 24.0. The summed E-state index contributed by atoms with van der Waals surface area (Å²) in [4.78, 5) is 31.6. The van der Waals surface area contributed by atoms with Crippen molar-refractivity contribution in [2.24, 2.45) is 5.92 Å². The van der Waals surface area contributed by atoms with Crippen LogP contribution >= 0.6 is 0 Å². The molecule has 1 amide bonds. The van der Waals surface area contributed by atoms with Crippen molar-refractivity contribution < 1.29 is 31.5 Å². The minimum atomic E-state index is -4.72. The Bertz CT molecular complexity index is 1480. The fraction of sp³-hybridized carbons (Fsp3) is 0.375. The Morgan fingerprint density at radius 1 is 1.14 bits per heavy atom. The van der Waals surface area contributed by atoms with Gasteiger partial charge >= 0.3 is 6.18 Å². The number of hydrogen-bond donors (Lipinski definition) is 0. The molecule has 0 unspecified atom stereocenters. The number of carbonyl (C=O) groups is 1. The molecule has 7 nitrogen and oxygen atoms in total. The summed E-state index contributed by atoms with van der Waals surface area (Å²) >= 11 is 0. The number of amides is 1. The second-order valence-electron chi connectivity index (χ2n) is 9.38. The number of pyridine rings is 1. The first-order chi connectivity index (χ1) is 16.9. The first kappa shape index (κ1) is 22.7. The Morgan fingerprint density at radius 3 is 2.61 bits per heavy atom. The Kier molecular flexibility index (Phi) is 4.53. The van der Waals surface area contributed by atoms with Crippen LogP contribution in [0.2, 0.25) is 0 Å². The highest BCUT2D eigenvalue weighted by molar-refractivity contribution is 5.93. The fourth-order valence-corrected chi connectivity index (χ4v) is 5.46. The molecule has 1 aromatic carbocycles. The molecule has 0 N–H and O–H groups in total. The molecule has 1 aliphatic carbocycles. The molecule has 188 valence electrons. The van der Waals surface area contributed by atoms with Gasteiger partial charge in [-0.3, -0.25) is 9.59 Å². The van der Waals surface area contributed by atoms with Crippen LogP contribution in [-0.2, 0) is 18.1 Å². The molecule has 36 heavy (non-hydrogen) atoms. The number of aromatic nitrogens is 3. The molecule has 2 aliphatic heterocycles. The quantitative estimate of drug-likeness (QED) is 0.511. The molecule has 2 atom stereocenters. The molecule has 2 aromatic heterocycles. The van der Waals surface area contributed by atoms with Gasteiger partial charge in [-0.1, -0.05) is 0 Å². The highest BCUT2D eigenvalue weighted by Crippen LogP contribution is 2.70. The monoisotopic (exact) mass is 506 g/mol. The van der Waals surface area contributed by atoms with Crippen molar-refractivity contribution in [2.75, 3.05) is 19.7 Å². The molecule has 6 rings (SSSR count). The van der Waals surface area contributed by atoms with E-state index in [9.17, 15) is 22.8 Å². The number of fused-ring (bicyclic) bond motifs is 4. The third-order valence-electron chi connectivity index (χ3n) is 7.42. The molecule has 12 heteroatoms. The van der Waals surface area contributed by atoms with Crippen LogP contribution < -0.4 is 10.3 Å². The SMILES string of the molecule is Cc1cn(-c2ccc3n(c2=O)CCN(C[C@]24c5cc(C(F)(F)F)ccc5OC[C@H]2C4(F)F)C3=O)cn1. The van der Waals surface area contributed by atoms with Crippen LogP contribution in [0.15, 0.2) is 47.7 Å². The maximum absolute atomic E-state index is 15.2. The molecule has 0 radical (unpaired) electrons. The van der Waals surface area contributed by atoms with E-state index in [0.717, 1.165) is 12.1 Å². The summed E-state index contributed by atoms with van der Waals surface area (Å²) in [6.07, 6.45) is -1.59. The van der Waals surface area contributed by atoms with E-state index in [1.54, 1.807) is 13.1 Å². The lowest BCUT2D eigenvalue weighted by Crippen LogP contribution is -2.49. The minimum absolute atomic E-state index is 0.0279. The molecule has 3 aromatic rings. The zero-order chi connectivity index (χ0) is 25.6. The zero-order valence-electron chi connectivity index (χ0n) is 18.9. The van der Waals surface area contributed by atoms with E-state index in [-0.39, 0.29) is 42.4 Å². The summed E-state index contributed by atoms with van der Waals surface area (Å²) < 4.78 is 78.6. The van der Waals surface area contributed by atoms with Crippen molar-refractivity contribution >= 4 is 5.91 Å². The highest BCUT2D eigenvalue weighted by Gasteiger charge is 2.83. The largest absolute Gasteiger partial charge is 0.493 e.